The van der Waals surface area contributed by atoms with Crippen molar-refractivity contribution in [3.8, 4) is 0 Å². The lowest BCUT2D eigenvalue weighted by atomic mass is 10.1. The number of guanidine groups is 1. The van der Waals surface area contributed by atoms with Gasteiger partial charge in [0.15, 0.2) is 5.96 Å². The Morgan fingerprint density at radius 2 is 2.09 bits per heavy atom. The standard InChI is InChI=1S/C17H21N5O/c1-2-19-17(22-12-15-8-3-4-9-20-15)21-11-13-6-5-7-14(10-13)16(18)23/h3-10H,2,11-12H2,1H3,(H2,18,23)(H2,19,21,22). The van der Waals surface area contributed by atoms with Crippen molar-refractivity contribution in [1.29, 1.82) is 0 Å². The molecule has 4 N–H and O–H groups in total. The van der Waals surface area contributed by atoms with Gasteiger partial charge in [-0.15, -0.1) is 0 Å². The molecule has 1 amide bonds. The van der Waals surface area contributed by atoms with Crippen molar-refractivity contribution in [2.45, 2.75) is 20.0 Å². The maximum Gasteiger partial charge on any atom is 0.248 e. The number of hydrogen-bond acceptors (Lipinski definition) is 3. The van der Waals surface area contributed by atoms with Crippen LogP contribution in [0.5, 0.6) is 0 Å². The minimum atomic E-state index is -0.434. The molecule has 1 aromatic heterocycles. The topological polar surface area (TPSA) is 92.4 Å². The maximum atomic E-state index is 11.2. The molecule has 0 aliphatic rings. The van der Waals surface area contributed by atoms with Crippen molar-refractivity contribution >= 4 is 11.9 Å². The summed E-state index contributed by atoms with van der Waals surface area (Å²) in [4.78, 5) is 20.0. The van der Waals surface area contributed by atoms with E-state index in [0.29, 0.717) is 24.6 Å². The second-order valence-electron chi connectivity index (χ2n) is 4.93. The lowest BCUT2D eigenvalue weighted by Gasteiger charge is -2.11. The van der Waals surface area contributed by atoms with Gasteiger partial charge in [-0.1, -0.05) is 18.2 Å². The quantitative estimate of drug-likeness (QED) is 0.556. The first-order valence-electron chi connectivity index (χ1n) is 7.50. The normalized spacial score (nSPS) is 11.1. The second kappa shape index (κ2) is 8.53. The van der Waals surface area contributed by atoms with E-state index < -0.39 is 5.91 Å². The van der Waals surface area contributed by atoms with Gasteiger partial charge in [0.05, 0.1) is 18.8 Å². The molecule has 0 saturated carbocycles. The molecule has 0 saturated heterocycles. The van der Waals surface area contributed by atoms with Gasteiger partial charge in [0.1, 0.15) is 0 Å². The maximum absolute atomic E-state index is 11.2. The highest BCUT2D eigenvalue weighted by Gasteiger charge is 2.02. The first-order valence-corrected chi connectivity index (χ1v) is 7.50. The fourth-order valence-electron chi connectivity index (χ4n) is 2.01. The van der Waals surface area contributed by atoms with Gasteiger partial charge in [-0.3, -0.25) is 9.78 Å². The fourth-order valence-corrected chi connectivity index (χ4v) is 2.01. The largest absolute Gasteiger partial charge is 0.366 e. The van der Waals surface area contributed by atoms with Crippen molar-refractivity contribution in [3.63, 3.8) is 0 Å². The highest BCUT2D eigenvalue weighted by atomic mass is 16.1. The highest BCUT2D eigenvalue weighted by Crippen LogP contribution is 2.06. The van der Waals surface area contributed by atoms with Crippen molar-refractivity contribution in [2.75, 3.05) is 6.54 Å². The molecule has 6 heteroatoms. The number of aliphatic imine (C=N–C) groups is 1. The van der Waals surface area contributed by atoms with Crippen LogP contribution < -0.4 is 16.4 Å². The van der Waals surface area contributed by atoms with Gasteiger partial charge in [-0.25, -0.2) is 4.99 Å². The molecule has 0 radical (unpaired) electrons. The number of aromatic nitrogens is 1. The number of primary amides is 1. The zero-order valence-electron chi connectivity index (χ0n) is 13.1. The zero-order valence-corrected chi connectivity index (χ0v) is 13.1. The molecule has 1 aromatic carbocycles. The van der Waals surface area contributed by atoms with Gasteiger partial charge in [-0.2, -0.15) is 0 Å². The Labute approximate surface area is 135 Å². The fraction of sp³-hybridized carbons (Fsp3) is 0.235. The number of hydrogen-bond donors (Lipinski definition) is 3. The summed E-state index contributed by atoms with van der Waals surface area (Å²) in [6, 6.07) is 13.0. The molecule has 120 valence electrons. The number of nitrogens with zero attached hydrogens (tertiary/aromatic N) is 2. The molecule has 0 fully saturated rings. The Kier molecular flexibility index (Phi) is 6.11. The molecule has 0 spiro atoms. The summed E-state index contributed by atoms with van der Waals surface area (Å²) in [6.07, 6.45) is 1.76. The first kappa shape index (κ1) is 16.5. The summed E-state index contributed by atoms with van der Waals surface area (Å²) in [5, 5.41) is 6.41. The monoisotopic (exact) mass is 311 g/mol. The minimum absolute atomic E-state index is 0.434. The molecule has 0 aliphatic carbocycles. The summed E-state index contributed by atoms with van der Waals surface area (Å²) in [5.41, 5.74) is 7.65. The van der Waals surface area contributed by atoms with Crippen molar-refractivity contribution < 1.29 is 4.79 Å². The molecule has 0 bridgehead atoms. The predicted octanol–water partition coefficient (Wildman–Crippen LogP) is 1.44. The van der Waals surface area contributed by atoms with Crippen molar-refractivity contribution in [1.82, 2.24) is 15.6 Å². The van der Waals surface area contributed by atoms with Gasteiger partial charge < -0.3 is 16.4 Å². The number of rotatable bonds is 6. The van der Waals surface area contributed by atoms with E-state index >= 15 is 0 Å². The van der Waals surface area contributed by atoms with E-state index in [1.54, 1.807) is 24.4 Å². The average Bonchev–Trinajstić information content (AvgIpc) is 2.58. The zero-order chi connectivity index (χ0) is 16.5. The average molecular weight is 311 g/mol. The number of carbonyl (C=O) groups excluding carboxylic acids is 1. The molecule has 1 heterocycles. The Bertz CT molecular complexity index is 670. The molecular weight excluding hydrogens is 290 g/mol. The molecule has 6 nitrogen and oxygen atoms in total. The van der Waals surface area contributed by atoms with Crippen LogP contribution in [0.15, 0.2) is 53.7 Å². The van der Waals surface area contributed by atoms with Gasteiger partial charge in [0.25, 0.3) is 0 Å². The van der Waals surface area contributed by atoms with Crippen LogP contribution >= 0.6 is 0 Å². The Morgan fingerprint density at radius 3 is 2.78 bits per heavy atom. The van der Waals surface area contributed by atoms with Crippen molar-refractivity contribution in [2.24, 2.45) is 10.7 Å². The van der Waals surface area contributed by atoms with E-state index in [2.05, 4.69) is 20.6 Å². The number of pyridine rings is 1. The molecule has 0 aliphatic heterocycles. The van der Waals surface area contributed by atoms with E-state index in [0.717, 1.165) is 17.8 Å². The summed E-state index contributed by atoms with van der Waals surface area (Å²) in [7, 11) is 0. The van der Waals surface area contributed by atoms with E-state index in [-0.39, 0.29) is 0 Å². The van der Waals surface area contributed by atoms with Crippen molar-refractivity contribution in [3.05, 3.63) is 65.5 Å². The lowest BCUT2D eigenvalue weighted by molar-refractivity contribution is 0.1000. The Balaban J connectivity index is 2.00. The van der Waals surface area contributed by atoms with Crippen LogP contribution in [0.2, 0.25) is 0 Å². The Hall–Kier alpha value is -2.89. The highest BCUT2D eigenvalue weighted by molar-refractivity contribution is 5.92. The Morgan fingerprint density at radius 1 is 1.22 bits per heavy atom. The summed E-state index contributed by atoms with van der Waals surface area (Å²) >= 11 is 0. The third-order valence-electron chi connectivity index (χ3n) is 3.14. The van der Waals surface area contributed by atoms with Crippen LogP contribution in [0.4, 0.5) is 0 Å². The molecule has 2 aromatic rings. The van der Waals surface area contributed by atoms with Crippen LogP contribution in [0, 0.1) is 0 Å². The van der Waals surface area contributed by atoms with E-state index in [1.807, 2.05) is 31.2 Å². The first-order chi connectivity index (χ1) is 11.2. The number of benzene rings is 1. The molecule has 23 heavy (non-hydrogen) atoms. The lowest BCUT2D eigenvalue weighted by Crippen LogP contribution is -2.37. The molecule has 0 unspecified atom stereocenters. The van der Waals surface area contributed by atoms with Gasteiger partial charge in [0, 0.05) is 18.3 Å². The molecule has 0 atom stereocenters. The third-order valence-corrected chi connectivity index (χ3v) is 3.14. The summed E-state index contributed by atoms with van der Waals surface area (Å²) in [6.45, 7) is 3.81. The van der Waals surface area contributed by atoms with Gasteiger partial charge in [-0.05, 0) is 36.8 Å². The summed E-state index contributed by atoms with van der Waals surface area (Å²) in [5.74, 6) is 0.263. The van der Waals surface area contributed by atoms with E-state index in [4.69, 9.17) is 5.73 Å². The minimum Gasteiger partial charge on any atom is -0.366 e. The van der Waals surface area contributed by atoms with E-state index in [1.165, 1.54) is 0 Å². The number of nitrogens with one attached hydrogen (secondary N) is 2. The number of carbonyl (C=O) groups is 1. The number of amides is 1. The third kappa shape index (κ3) is 5.43. The van der Waals surface area contributed by atoms with Crippen LogP contribution in [0.1, 0.15) is 28.5 Å². The smallest absolute Gasteiger partial charge is 0.248 e. The van der Waals surface area contributed by atoms with Crippen LogP contribution in [0.25, 0.3) is 0 Å². The van der Waals surface area contributed by atoms with E-state index in [9.17, 15) is 4.79 Å². The second-order valence-corrected chi connectivity index (χ2v) is 4.93. The van der Waals surface area contributed by atoms with Crippen LogP contribution in [-0.2, 0) is 13.1 Å². The molecular formula is C17H21N5O. The predicted molar refractivity (Wildman–Crippen MR) is 90.9 cm³/mol. The SMILES string of the molecule is CCNC(=NCc1cccc(C(N)=O)c1)NCc1ccccn1. The van der Waals surface area contributed by atoms with Crippen LogP contribution in [-0.4, -0.2) is 23.4 Å². The van der Waals surface area contributed by atoms with Gasteiger partial charge in [0.2, 0.25) is 5.91 Å². The van der Waals surface area contributed by atoms with Crippen LogP contribution in [0.3, 0.4) is 0 Å². The van der Waals surface area contributed by atoms with Gasteiger partial charge >= 0.3 is 0 Å². The summed E-state index contributed by atoms with van der Waals surface area (Å²) < 4.78 is 0. The number of nitrogens with two attached hydrogens (primary N) is 1. The molecule has 2 rings (SSSR count).